The van der Waals surface area contributed by atoms with Crippen LogP contribution in [0.5, 0.6) is 11.5 Å². The van der Waals surface area contributed by atoms with E-state index >= 15 is 0 Å². The first-order valence-electron chi connectivity index (χ1n) is 12.2. The van der Waals surface area contributed by atoms with Crippen molar-refractivity contribution >= 4 is 17.4 Å². The minimum atomic E-state index is -0.509. The Morgan fingerprint density at radius 1 is 1.00 bits per heavy atom. The fourth-order valence-corrected chi connectivity index (χ4v) is 4.16. The van der Waals surface area contributed by atoms with E-state index in [1.807, 2.05) is 6.07 Å². The van der Waals surface area contributed by atoms with E-state index in [1.54, 1.807) is 50.5 Å². The number of benzene rings is 2. The Kier molecular flexibility index (Phi) is 7.20. The third kappa shape index (κ3) is 5.41. The monoisotopic (exact) mass is 528 g/mol. The lowest BCUT2D eigenvalue weighted by atomic mass is 10.0. The highest BCUT2D eigenvalue weighted by Crippen LogP contribution is 2.36. The minimum absolute atomic E-state index is 0.0610. The first-order chi connectivity index (χ1) is 18.8. The highest BCUT2D eigenvalue weighted by Gasteiger charge is 2.19. The summed E-state index contributed by atoms with van der Waals surface area (Å²) >= 11 is 0. The number of anilines is 1. The molecule has 0 saturated heterocycles. The van der Waals surface area contributed by atoms with Crippen LogP contribution in [0.15, 0.2) is 77.9 Å². The fourth-order valence-electron chi connectivity index (χ4n) is 4.16. The Labute approximate surface area is 223 Å². The van der Waals surface area contributed by atoms with Gasteiger partial charge in [-0.05, 0) is 80.2 Å². The Morgan fingerprint density at radius 3 is 2.54 bits per heavy atom. The average Bonchev–Trinajstić information content (AvgIpc) is 3.43. The zero-order valence-electron chi connectivity index (χ0n) is 21.2. The van der Waals surface area contributed by atoms with E-state index in [9.17, 15) is 18.8 Å². The summed E-state index contributed by atoms with van der Waals surface area (Å²) < 4.78 is 25.7. The van der Waals surface area contributed by atoms with Gasteiger partial charge in [0.2, 0.25) is 12.7 Å². The van der Waals surface area contributed by atoms with Crippen LogP contribution in [0.1, 0.15) is 28.4 Å². The van der Waals surface area contributed by atoms with Gasteiger partial charge in [-0.25, -0.2) is 4.39 Å². The van der Waals surface area contributed by atoms with E-state index in [0.717, 1.165) is 0 Å². The molecule has 2 aromatic carbocycles. The molecule has 0 radical (unpaired) electrons. The lowest BCUT2D eigenvalue weighted by molar-refractivity contribution is -0.117. The largest absolute Gasteiger partial charge is 0.454 e. The molecule has 5 rings (SSSR count). The van der Waals surface area contributed by atoms with Gasteiger partial charge in [0.05, 0.1) is 18.3 Å². The van der Waals surface area contributed by atoms with Gasteiger partial charge in [0.1, 0.15) is 11.5 Å². The maximum Gasteiger partial charge on any atom is 0.275 e. The van der Waals surface area contributed by atoms with Crippen molar-refractivity contribution in [1.82, 2.24) is 14.9 Å². The van der Waals surface area contributed by atoms with Crippen molar-refractivity contribution in [3.05, 3.63) is 106 Å². The lowest BCUT2D eigenvalue weighted by Gasteiger charge is -2.17. The van der Waals surface area contributed by atoms with E-state index in [2.05, 4.69) is 15.6 Å². The molecule has 0 spiro atoms. The SMILES string of the molecule is CNC(C)C(=O)Nc1ccc(-c2ccc3c(c2)OCO3)n(Cc2cncc(C(=O)c3ccc(F)cc3)c2)c1=O. The summed E-state index contributed by atoms with van der Waals surface area (Å²) in [5.41, 5.74) is 2.13. The molecule has 39 heavy (non-hydrogen) atoms. The van der Waals surface area contributed by atoms with Crippen molar-refractivity contribution in [2.75, 3.05) is 19.2 Å². The summed E-state index contributed by atoms with van der Waals surface area (Å²) in [6.45, 7) is 1.86. The molecule has 9 nitrogen and oxygen atoms in total. The number of likely N-dealkylation sites (N-methyl/N-ethyl adjacent to an activating group) is 1. The van der Waals surface area contributed by atoms with Crippen LogP contribution in [-0.2, 0) is 11.3 Å². The molecule has 1 aliphatic rings. The van der Waals surface area contributed by atoms with Crippen LogP contribution in [0.2, 0.25) is 0 Å². The normalized spacial score (nSPS) is 12.7. The fraction of sp³-hybridized carbons (Fsp3) is 0.172. The predicted octanol–water partition coefficient (Wildman–Crippen LogP) is 3.60. The second-order valence-electron chi connectivity index (χ2n) is 9.01. The van der Waals surface area contributed by atoms with Gasteiger partial charge in [-0.2, -0.15) is 0 Å². The van der Waals surface area contributed by atoms with Gasteiger partial charge in [-0.1, -0.05) is 0 Å². The van der Waals surface area contributed by atoms with E-state index in [1.165, 1.54) is 35.0 Å². The predicted molar refractivity (Wildman–Crippen MR) is 143 cm³/mol. The summed E-state index contributed by atoms with van der Waals surface area (Å²) in [7, 11) is 1.65. The number of pyridine rings is 2. The molecule has 1 unspecified atom stereocenters. The summed E-state index contributed by atoms with van der Waals surface area (Å²) in [5.74, 6) is 0.0410. The summed E-state index contributed by atoms with van der Waals surface area (Å²) in [6, 6.07) is 15.0. The standard InChI is InChI=1S/C29H25FN4O5/c1-17(31-2)28(36)33-23-8-9-24(20-5-10-25-26(12-20)39-16-38-25)34(29(23)37)15-18-11-21(14-32-13-18)27(35)19-3-6-22(30)7-4-19/h3-14,17,31H,15-16H2,1-2H3,(H,33,36). The molecule has 3 heterocycles. The zero-order chi connectivity index (χ0) is 27.5. The number of hydrogen-bond donors (Lipinski definition) is 2. The highest BCUT2D eigenvalue weighted by molar-refractivity contribution is 6.08. The van der Waals surface area contributed by atoms with Gasteiger partial charge in [0, 0.05) is 29.1 Å². The van der Waals surface area contributed by atoms with Crippen molar-refractivity contribution in [3.63, 3.8) is 0 Å². The third-order valence-electron chi connectivity index (χ3n) is 6.43. The van der Waals surface area contributed by atoms with E-state index in [-0.39, 0.29) is 30.7 Å². The van der Waals surface area contributed by atoms with Gasteiger partial charge in [0.15, 0.2) is 17.3 Å². The minimum Gasteiger partial charge on any atom is -0.454 e. The van der Waals surface area contributed by atoms with E-state index in [4.69, 9.17) is 9.47 Å². The van der Waals surface area contributed by atoms with Crippen molar-refractivity contribution in [3.8, 4) is 22.8 Å². The topological polar surface area (TPSA) is 112 Å². The molecule has 198 valence electrons. The van der Waals surface area contributed by atoms with Gasteiger partial charge in [-0.15, -0.1) is 0 Å². The smallest absolute Gasteiger partial charge is 0.275 e. The van der Waals surface area contributed by atoms with Crippen LogP contribution >= 0.6 is 0 Å². The molecule has 1 amide bonds. The molecule has 10 heteroatoms. The molecule has 2 aromatic heterocycles. The summed E-state index contributed by atoms with van der Waals surface area (Å²) in [4.78, 5) is 43.4. The summed E-state index contributed by atoms with van der Waals surface area (Å²) in [5, 5.41) is 5.53. The maximum absolute atomic E-state index is 13.7. The number of fused-ring (bicyclic) bond motifs is 1. The number of halogens is 1. The number of nitrogens with one attached hydrogen (secondary N) is 2. The van der Waals surface area contributed by atoms with Crippen molar-refractivity contribution in [2.45, 2.75) is 19.5 Å². The van der Waals surface area contributed by atoms with Crippen molar-refractivity contribution in [2.24, 2.45) is 0 Å². The molecule has 0 bridgehead atoms. The molecule has 1 aliphatic heterocycles. The Bertz CT molecular complexity index is 1620. The molecule has 0 fully saturated rings. The molecule has 4 aromatic rings. The van der Waals surface area contributed by atoms with Crippen molar-refractivity contribution < 1.29 is 23.5 Å². The second-order valence-corrected chi connectivity index (χ2v) is 9.01. The van der Waals surface area contributed by atoms with Crippen molar-refractivity contribution in [1.29, 1.82) is 0 Å². The Morgan fingerprint density at radius 2 is 1.77 bits per heavy atom. The van der Waals surface area contributed by atoms with E-state index < -0.39 is 17.4 Å². The van der Waals surface area contributed by atoms with Crippen LogP contribution in [0.25, 0.3) is 11.3 Å². The molecular weight excluding hydrogens is 503 g/mol. The zero-order valence-corrected chi connectivity index (χ0v) is 21.2. The van der Waals surface area contributed by atoms with Crippen LogP contribution in [0.4, 0.5) is 10.1 Å². The van der Waals surface area contributed by atoms with Crippen LogP contribution in [0, 0.1) is 5.82 Å². The number of hydrogen-bond acceptors (Lipinski definition) is 7. The number of aromatic nitrogens is 2. The number of ether oxygens (including phenoxy) is 2. The molecule has 0 aliphatic carbocycles. The number of ketones is 1. The van der Waals surface area contributed by atoms with Gasteiger partial charge in [0.25, 0.3) is 5.56 Å². The van der Waals surface area contributed by atoms with Gasteiger partial charge < -0.3 is 24.7 Å². The number of carbonyl (C=O) groups excluding carboxylic acids is 2. The maximum atomic E-state index is 13.7. The molecule has 0 saturated carbocycles. The van der Waals surface area contributed by atoms with Crippen LogP contribution < -0.4 is 25.7 Å². The first-order valence-corrected chi connectivity index (χ1v) is 12.2. The Balaban J connectivity index is 1.54. The van der Waals surface area contributed by atoms with Gasteiger partial charge >= 0.3 is 0 Å². The quantitative estimate of drug-likeness (QED) is 0.336. The van der Waals surface area contributed by atoms with Crippen LogP contribution in [-0.4, -0.2) is 41.1 Å². The second kappa shape index (κ2) is 10.9. The van der Waals surface area contributed by atoms with E-state index in [0.29, 0.717) is 39.4 Å². The van der Waals surface area contributed by atoms with Crippen LogP contribution in [0.3, 0.4) is 0 Å². The average molecular weight is 529 g/mol. The number of nitrogens with zero attached hydrogens (tertiary/aromatic N) is 2. The first kappa shape index (κ1) is 25.8. The highest BCUT2D eigenvalue weighted by atomic mass is 19.1. The number of amides is 1. The lowest BCUT2D eigenvalue weighted by Crippen LogP contribution is -2.37. The molecule has 2 N–H and O–H groups in total. The number of rotatable bonds is 8. The molecule has 1 atom stereocenters. The third-order valence-corrected chi connectivity index (χ3v) is 6.43. The number of carbonyl (C=O) groups is 2. The summed E-state index contributed by atoms with van der Waals surface area (Å²) in [6.07, 6.45) is 2.98. The molecular formula is C29H25FN4O5. The van der Waals surface area contributed by atoms with Gasteiger partial charge in [-0.3, -0.25) is 19.4 Å². The Hall–Kier alpha value is -4.83.